The number of benzene rings is 2. The van der Waals surface area contributed by atoms with Gasteiger partial charge in [0.15, 0.2) is 5.11 Å². The number of fused-ring (bicyclic) bond motifs is 1. The molecule has 2 heterocycles. The lowest BCUT2D eigenvalue weighted by Gasteiger charge is -2.40. The summed E-state index contributed by atoms with van der Waals surface area (Å²) < 4.78 is 37.5. The Labute approximate surface area is 203 Å². The fourth-order valence-electron chi connectivity index (χ4n) is 3.37. The quantitative estimate of drug-likeness (QED) is 0.368. The molecule has 12 heteroatoms. The number of halogens is 3. The third kappa shape index (κ3) is 4.96. The molecule has 0 unspecified atom stereocenters. The van der Waals surface area contributed by atoms with Crippen molar-refractivity contribution in [1.29, 1.82) is 0 Å². The second-order valence-electron chi connectivity index (χ2n) is 7.40. The number of thiocarbonyl (C=S) groups is 1. The molecule has 1 aliphatic rings. The van der Waals surface area contributed by atoms with Gasteiger partial charge in [-0.25, -0.2) is 14.3 Å². The molecule has 1 aliphatic heterocycles. The molecule has 0 spiro atoms. The number of alkyl halides is 2. The van der Waals surface area contributed by atoms with Gasteiger partial charge in [0.1, 0.15) is 17.2 Å². The maximum atomic E-state index is 13.1. The van der Waals surface area contributed by atoms with Crippen LogP contribution in [0.1, 0.15) is 10.4 Å². The number of nitrogens with one attached hydrogen (secondary N) is 2. The Morgan fingerprint density at radius 1 is 1.18 bits per heavy atom. The Hall–Kier alpha value is -3.28. The summed E-state index contributed by atoms with van der Waals surface area (Å²) in [5.74, 6) is -2.07. The summed E-state index contributed by atoms with van der Waals surface area (Å²) in [6, 6.07) is 9.69. The molecule has 34 heavy (non-hydrogen) atoms. The maximum absolute atomic E-state index is 13.1. The molecule has 0 bridgehead atoms. The van der Waals surface area contributed by atoms with Crippen LogP contribution in [0.25, 0.3) is 10.9 Å². The fraction of sp³-hybridized carbons (Fsp3) is 0.227. The molecule has 0 radical (unpaired) electrons. The van der Waals surface area contributed by atoms with Crippen molar-refractivity contribution in [3.8, 4) is 17.2 Å². The number of ether oxygens (including phenoxy) is 2. The highest BCUT2D eigenvalue weighted by molar-refractivity contribution is 7.80. The van der Waals surface area contributed by atoms with Gasteiger partial charge in [-0.05, 0) is 36.5 Å². The standard InChI is InChI=1S/C22H19ClF2N4O4S/c1-31-19-9-17-13(8-14(19)20(30)28-32-2)18(5-6-26-17)33-12-3-4-16(15(23)7-12)27-21(34)29-10-22(24,25)11-29/h3-9H,10-11H2,1-2H3,(H,27,34)(H,28,30). The molecule has 1 fully saturated rings. The van der Waals surface area contributed by atoms with E-state index in [4.69, 9.17) is 38.1 Å². The lowest BCUT2D eigenvalue weighted by Crippen LogP contribution is -2.59. The van der Waals surface area contributed by atoms with Crippen molar-refractivity contribution in [3.05, 3.63) is 53.2 Å². The molecule has 1 amide bonds. The predicted octanol–water partition coefficient (Wildman–Crippen LogP) is 4.63. The SMILES string of the molecule is CONC(=O)c1cc2c(Oc3ccc(NC(=S)N4CC(F)(F)C4)c(Cl)c3)ccnc2cc1OC. The van der Waals surface area contributed by atoms with Crippen molar-refractivity contribution in [1.82, 2.24) is 15.4 Å². The van der Waals surface area contributed by atoms with Crippen molar-refractivity contribution in [2.24, 2.45) is 0 Å². The number of amides is 1. The normalized spacial score (nSPS) is 14.3. The highest BCUT2D eigenvalue weighted by atomic mass is 35.5. The van der Waals surface area contributed by atoms with Crippen LogP contribution in [-0.4, -0.2) is 54.1 Å². The number of hydroxylamine groups is 1. The van der Waals surface area contributed by atoms with Crippen molar-refractivity contribution >= 4 is 51.4 Å². The molecule has 4 rings (SSSR count). The number of hydrogen-bond donors (Lipinski definition) is 2. The Bertz CT molecular complexity index is 1270. The molecule has 178 valence electrons. The Morgan fingerprint density at radius 2 is 1.94 bits per heavy atom. The van der Waals surface area contributed by atoms with Crippen molar-refractivity contribution in [2.45, 2.75) is 5.92 Å². The van der Waals surface area contributed by atoms with Crippen molar-refractivity contribution in [3.63, 3.8) is 0 Å². The molecular weight excluding hydrogens is 490 g/mol. The number of nitrogens with zero attached hydrogens (tertiary/aromatic N) is 2. The van der Waals surface area contributed by atoms with Gasteiger partial charge in [-0.1, -0.05) is 11.6 Å². The minimum absolute atomic E-state index is 0.164. The molecule has 0 aliphatic carbocycles. The predicted molar refractivity (Wildman–Crippen MR) is 127 cm³/mol. The second kappa shape index (κ2) is 9.53. The highest BCUT2D eigenvalue weighted by Crippen LogP contribution is 2.36. The molecule has 1 saturated heterocycles. The van der Waals surface area contributed by atoms with E-state index < -0.39 is 24.9 Å². The highest BCUT2D eigenvalue weighted by Gasteiger charge is 2.45. The van der Waals surface area contributed by atoms with Crippen LogP contribution in [0, 0.1) is 0 Å². The first kappa shape index (κ1) is 23.9. The lowest BCUT2D eigenvalue weighted by molar-refractivity contribution is -0.0999. The number of anilines is 1. The van der Waals surface area contributed by atoms with Crippen LogP contribution in [0.15, 0.2) is 42.6 Å². The number of carbonyl (C=O) groups excluding carboxylic acids is 1. The monoisotopic (exact) mass is 508 g/mol. The Kier molecular flexibility index (Phi) is 6.69. The van der Waals surface area contributed by atoms with Crippen molar-refractivity contribution < 1.29 is 27.9 Å². The fourth-order valence-corrected chi connectivity index (χ4v) is 3.83. The average Bonchev–Trinajstić information content (AvgIpc) is 2.78. The largest absolute Gasteiger partial charge is 0.496 e. The van der Waals surface area contributed by atoms with Gasteiger partial charge in [0.2, 0.25) is 0 Å². The minimum Gasteiger partial charge on any atom is -0.496 e. The zero-order valence-corrected chi connectivity index (χ0v) is 19.6. The van der Waals surface area contributed by atoms with E-state index >= 15 is 0 Å². The zero-order valence-electron chi connectivity index (χ0n) is 18.0. The number of hydrogen-bond acceptors (Lipinski definition) is 6. The van der Waals surface area contributed by atoms with Crippen LogP contribution in [0.2, 0.25) is 5.02 Å². The number of aromatic nitrogens is 1. The molecule has 1 aromatic heterocycles. The van der Waals surface area contributed by atoms with Gasteiger partial charge in [0, 0.05) is 23.7 Å². The summed E-state index contributed by atoms with van der Waals surface area (Å²) >= 11 is 11.5. The summed E-state index contributed by atoms with van der Waals surface area (Å²) in [6.45, 7) is -0.857. The molecule has 8 nitrogen and oxygen atoms in total. The average molecular weight is 509 g/mol. The van der Waals surface area contributed by atoms with Crippen LogP contribution in [-0.2, 0) is 4.84 Å². The van der Waals surface area contributed by atoms with E-state index in [1.165, 1.54) is 19.1 Å². The first-order valence-electron chi connectivity index (χ1n) is 9.92. The summed E-state index contributed by atoms with van der Waals surface area (Å²) in [5, 5.41) is 3.88. The van der Waals surface area contributed by atoms with Crippen LogP contribution >= 0.6 is 23.8 Å². The van der Waals surface area contributed by atoms with Gasteiger partial charge >= 0.3 is 0 Å². The van der Waals surface area contributed by atoms with Crippen LogP contribution in [0.5, 0.6) is 17.2 Å². The smallest absolute Gasteiger partial charge is 0.282 e. The molecular formula is C22H19ClF2N4O4S. The minimum atomic E-state index is -2.73. The zero-order chi connectivity index (χ0) is 24.5. The van der Waals surface area contributed by atoms with E-state index in [-0.39, 0.29) is 15.7 Å². The maximum Gasteiger partial charge on any atom is 0.282 e. The summed E-state index contributed by atoms with van der Waals surface area (Å²) in [4.78, 5) is 22.7. The third-order valence-electron chi connectivity index (χ3n) is 5.00. The van der Waals surface area contributed by atoms with E-state index in [1.807, 2.05) is 0 Å². The van der Waals surface area contributed by atoms with E-state index in [0.29, 0.717) is 33.8 Å². The molecule has 2 N–H and O–H groups in total. The van der Waals surface area contributed by atoms with Gasteiger partial charge in [0.25, 0.3) is 11.8 Å². The van der Waals surface area contributed by atoms with Gasteiger partial charge in [-0.3, -0.25) is 14.6 Å². The van der Waals surface area contributed by atoms with Crippen LogP contribution < -0.4 is 20.3 Å². The summed E-state index contributed by atoms with van der Waals surface area (Å²) in [5.41, 5.74) is 3.50. The Balaban J connectivity index is 1.57. The van der Waals surface area contributed by atoms with Gasteiger partial charge in [-0.2, -0.15) is 0 Å². The number of rotatable bonds is 6. The van der Waals surface area contributed by atoms with Gasteiger partial charge < -0.3 is 19.7 Å². The summed E-state index contributed by atoms with van der Waals surface area (Å²) in [6.07, 6.45) is 1.56. The molecule has 3 aromatic rings. The van der Waals surface area contributed by atoms with Crippen LogP contribution in [0.4, 0.5) is 14.5 Å². The first-order valence-corrected chi connectivity index (χ1v) is 10.7. The lowest BCUT2D eigenvalue weighted by atomic mass is 10.1. The third-order valence-corrected chi connectivity index (χ3v) is 5.68. The molecule has 0 saturated carbocycles. The van der Waals surface area contributed by atoms with E-state index in [0.717, 1.165) is 0 Å². The molecule has 2 aromatic carbocycles. The second-order valence-corrected chi connectivity index (χ2v) is 8.19. The number of carbonyl (C=O) groups is 1. The van der Waals surface area contributed by atoms with Crippen LogP contribution in [0.3, 0.4) is 0 Å². The number of methoxy groups -OCH3 is 1. The topological polar surface area (TPSA) is 85.0 Å². The van der Waals surface area contributed by atoms with Gasteiger partial charge in [-0.15, -0.1) is 0 Å². The van der Waals surface area contributed by atoms with Gasteiger partial charge in [0.05, 0.1) is 49.1 Å². The molecule has 0 atom stereocenters. The van der Waals surface area contributed by atoms with E-state index in [1.54, 1.807) is 42.6 Å². The Morgan fingerprint density at radius 3 is 2.59 bits per heavy atom. The summed E-state index contributed by atoms with van der Waals surface area (Å²) in [7, 11) is 2.78. The number of pyridine rings is 1. The van der Waals surface area contributed by atoms with E-state index in [2.05, 4.69) is 15.8 Å². The number of likely N-dealkylation sites (tertiary alicyclic amines) is 1. The van der Waals surface area contributed by atoms with E-state index in [9.17, 15) is 13.6 Å². The first-order chi connectivity index (χ1) is 16.2. The van der Waals surface area contributed by atoms with Crippen molar-refractivity contribution in [2.75, 3.05) is 32.6 Å².